The Morgan fingerprint density at radius 3 is 1.65 bits per heavy atom. The van der Waals surface area contributed by atoms with Crippen molar-refractivity contribution >= 4 is 14.0 Å². The maximum atomic E-state index is 12.1. The molecular weight excluding hydrogens is 298 g/mol. The average Bonchev–Trinajstić information content (AvgIpc) is 2.35. The average molecular weight is 338 g/mol. The second-order valence-electron chi connectivity index (χ2n) is 9.17. The van der Waals surface area contributed by atoms with Crippen molar-refractivity contribution in [3.8, 4) is 11.5 Å². The topological polar surface area (TPSA) is 29.1 Å². The Hall–Kier alpha value is -0.753. The number of carbonyl (C=O) groups excluding carboxylic acids is 1. The second kappa shape index (κ2) is 7.88. The molecule has 1 amide bonds. The van der Waals surface area contributed by atoms with Crippen LogP contribution in [0, 0.1) is 22.3 Å². The van der Waals surface area contributed by atoms with Gasteiger partial charge >= 0.3 is 0 Å². The molecule has 0 bridgehead atoms. The summed E-state index contributed by atoms with van der Waals surface area (Å²) in [6.45, 7) is 22.4. The van der Waals surface area contributed by atoms with Crippen molar-refractivity contribution in [2.45, 2.75) is 92.3 Å². The van der Waals surface area contributed by atoms with Crippen LogP contribution in [-0.2, 0) is 4.79 Å². The van der Waals surface area contributed by atoms with Gasteiger partial charge in [-0.2, -0.15) is 0 Å². The predicted octanol–water partition coefficient (Wildman–Crippen LogP) is 5.40. The van der Waals surface area contributed by atoms with Gasteiger partial charge in [0.05, 0.1) is 0 Å². The fourth-order valence-corrected chi connectivity index (χ4v) is 9.70. The fraction of sp³-hybridized carbons (Fsp3) is 0.850. The van der Waals surface area contributed by atoms with Crippen molar-refractivity contribution in [3.05, 3.63) is 0 Å². The first kappa shape index (κ1) is 22.2. The lowest BCUT2D eigenvalue weighted by atomic mass is 9.75. The SMILES string of the molecule is CNC(=O)C(C)(C)CC(C)(C)C#C[Si](C(C)C)(C(C)C)C(C)C. The molecule has 0 aliphatic heterocycles. The maximum absolute atomic E-state index is 12.1. The normalized spacial score (nSPS) is 13.3. The van der Waals surface area contributed by atoms with Gasteiger partial charge in [-0.1, -0.05) is 55.4 Å². The van der Waals surface area contributed by atoms with Gasteiger partial charge in [-0.3, -0.25) is 4.79 Å². The van der Waals surface area contributed by atoms with Crippen LogP contribution >= 0.6 is 0 Å². The Balaban J connectivity index is 5.68. The summed E-state index contributed by atoms with van der Waals surface area (Å²) < 4.78 is 0. The molecule has 0 aromatic carbocycles. The molecule has 2 nitrogen and oxygen atoms in total. The van der Waals surface area contributed by atoms with E-state index in [4.69, 9.17) is 0 Å². The summed E-state index contributed by atoms with van der Waals surface area (Å²) in [7, 11) is -0.00456. The van der Waals surface area contributed by atoms with Crippen molar-refractivity contribution < 1.29 is 4.79 Å². The van der Waals surface area contributed by atoms with Crippen LogP contribution < -0.4 is 5.32 Å². The van der Waals surface area contributed by atoms with E-state index in [0.717, 1.165) is 6.42 Å². The van der Waals surface area contributed by atoms with Gasteiger partial charge in [0, 0.05) is 17.9 Å². The van der Waals surface area contributed by atoms with E-state index < -0.39 is 13.5 Å². The molecule has 0 unspecified atom stereocenters. The standard InChI is InChI=1S/C20H39NOSi/c1-15(2)23(16(3)4,17(5)6)13-12-19(7,8)14-20(9,10)18(22)21-11/h15-17H,14H2,1-11H3,(H,21,22). The van der Waals surface area contributed by atoms with E-state index in [1.54, 1.807) is 7.05 Å². The smallest absolute Gasteiger partial charge is 0.225 e. The highest BCUT2D eigenvalue weighted by Crippen LogP contribution is 2.41. The van der Waals surface area contributed by atoms with Gasteiger partial charge in [-0.15, -0.1) is 11.5 Å². The van der Waals surface area contributed by atoms with Crippen molar-refractivity contribution in [2.24, 2.45) is 10.8 Å². The molecule has 0 aliphatic carbocycles. The summed E-state index contributed by atoms with van der Waals surface area (Å²) in [4.78, 5) is 12.1. The molecular formula is C20H39NOSi. The van der Waals surface area contributed by atoms with Crippen LogP contribution in [-0.4, -0.2) is 21.0 Å². The molecule has 0 rings (SSSR count). The molecule has 0 aliphatic rings. The van der Waals surface area contributed by atoms with Crippen LogP contribution in [0.3, 0.4) is 0 Å². The van der Waals surface area contributed by atoms with E-state index in [1.807, 2.05) is 13.8 Å². The zero-order valence-corrected chi connectivity index (χ0v) is 18.3. The zero-order chi connectivity index (χ0) is 18.6. The first-order valence-electron chi connectivity index (χ1n) is 8.99. The molecule has 3 heteroatoms. The summed E-state index contributed by atoms with van der Waals surface area (Å²) >= 11 is 0. The molecule has 0 saturated heterocycles. The summed E-state index contributed by atoms with van der Waals surface area (Å²) in [5.74, 6) is 3.70. The van der Waals surface area contributed by atoms with Gasteiger partial charge in [0.2, 0.25) is 5.91 Å². The van der Waals surface area contributed by atoms with E-state index in [-0.39, 0.29) is 11.3 Å². The van der Waals surface area contributed by atoms with Gasteiger partial charge in [-0.05, 0) is 36.9 Å². The molecule has 0 heterocycles. The van der Waals surface area contributed by atoms with Crippen LogP contribution in [0.4, 0.5) is 0 Å². The number of carbonyl (C=O) groups is 1. The summed E-state index contributed by atoms with van der Waals surface area (Å²) in [5.41, 5.74) is 5.16. The Morgan fingerprint density at radius 2 is 1.35 bits per heavy atom. The van der Waals surface area contributed by atoms with Crippen molar-refractivity contribution in [3.63, 3.8) is 0 Å². The van der Waals surface area contributed by atoms with Crippen molar-refractivity contribution in [1.29, 1.82) is 0 Å². The van der Waals surface area contributed by atoms with E-state index in [2.05, 4.69) is 72.2 Å². The fourth-order valence-electron chi connectivity index (χ4n) is 4.28. The lowest BCUT2D eigenvalue weighted by Crippen LogP contribution is -2.44. The lowest BCUT2D eigenvalue weighted by molar-refractivity contribution is -0.130. The lowest BCUT2D eigenvalue weighted by Gasteiger charge is -2.39. The highest BCUT2D eigenvalue weighted by molar-refractivity contribution is 6.90. The molecule has 0 fully saturated rings. The Morgan fingerprint density at radius 1 is 0.957 bits per heavy atom. The molecule has 1 N–H and O–H groups in total. The third-order valence-electron chi connectivity index (χ3n) is 5.21. The van der Waals surface area contributed by atoms with E-state index >= 15 is 0 Å². The quantitative estimate of drug-likeness (QED) is 0.510. The van der Waals surface area contributed by atoms with Gasteiger partial charge in [0.1, 0.15) is 8.07 Å². The number of rotatable bonds is 6. The minimum absolute atomic E-state index is 0.0902. The number of hydrogen-bond acceptors (Lipinski definition) is 1. The van der Waals surface area contributed by atoms with E-state index in [0.29, 0.717) is 16.6 Å². The number of amides is 1. The monoisotopic (exact) mass is 337 g/mol. The van der Waals surface area contributed by atoms with Gasteiger partial charge in [0.15, 0.2) is 0 Å². The Labute approximate surface area is 146 Å². The van der Waals surface area contributed by atoms with Crippen LogP contribution in [0.25, 0.3) is 0 Å². The van der Waals surface area contributed by atoms with Crippen LogP contribution in [0.5, 0.6) is 0 Å². The largest absolute Gasteiger partial charge is 0.359 e. The third kappa shape index (κ3) is 5.38. The van der Waals surface area contributed by atoms with E-state index in [9.17, 15) is 4.79 Å². The molecule has 0 aromatic rings. The summed E-state index contributed by atoms with van der Waals surface area (Å²) in [6, 6.07) is 0. The molecule has 23 heavy (non-hydrogen) atoms. The van der Waals surface area contributed by atoms with Crippen LogP contribution in [0.15, 0.2) is 0 Å². The molecule has 0 saturated carbocycles. The predicted molar refractivity (Wildman–Crippen MR) is 105 cm³/mol. The van der Waals surface area contributed by atoms with Crippen LogP contribution in [0.2, 0.25) is 16.6 Å². The van der Waals surface area contributed by atoms with Gasteiger partial charge < -0.3 is 5.32 Å². The zero-order valence-electron chi connectivity index (χ0n) is 17.3. The minimum atomic E-state index is -1.71. The van der Waals surface area contributed by atoms with Crippen LogP contribution in [0.1, 0.15) is 75.7 Å². The minimum Gasteiger partial charge on any atom is -0.359 e. The molecule has 0 atom stereocenters. The maximum Gasteiger partial charge on any atom is 0.225 e. The highest BCUT2D eigenvalue weighted by Gasteiger charge is 2.42. The molecule has 134 valence electrons. The second-order valence-corrected chi connectivity index (χ2v) is 14.8. The van der Waals surface area contributed by atoms with Crippen molar-refractivity contribution in [2.75, 3.05) is 7.05 Å². The first-order chi connectivity index (χ1) is 10.2. The molecule has 0 aromatic heterocycles. The van der Waals surface area contributed by atoms with E-state index in [1.165, 1.54) is 0 Å². The summed E-state index contributed by atoms with van der Waals surface area (Å²) in [5, 5.41) is 2.78. The molecule has 0 radical (unpaired) electrons. The number of nitrogens with one attached hydrogen (secondary N) is 1. The van der Waals surface area contributed by atoms with Gasteiger partial charge in [-0.25, -0.2) is 0 Å². The Bertz CT molecular complexity index is 442. The third-order valence-corrected chi connectivity index (χ3v) is 11.5. The molecule has 0 spiro atoms. The summed E-state index contributed by atoms with van der Waals surface area (Å²) in [6.07, 6.45) is 0.769. The Kier molecular flexibility index (Phi) is 7.62. The number of hydrogen-bond donors (Lipinski definition) is 1. The van der Waals surface area contributed by atoms with Gasteiger partial charge in [0.25, 0.3) is 0 Å². The van der Waals surface area contributed by atoms with Crippen molar-refractivity contribution in [1.82, 2.24) is 5.32 Å². The highest BCUT2D eigenvalue weighted by atomic mass is 28.3. The first-order valence-corrected chi connectivity index (χ1v) is 11.2.